The molecule has 6 heteroatoms. The van der Waals surface area contributed by atoms with E-state index in [1.807, 2.05) is 38.1 Å². The minimum absolute atomic E-state index is 0.0543. The van der Waals surface area contributed by atoms with Crippen LogP contribution in [0.2, 0.25) is 0 Å². The van der Waals surface area contributed by atoms with Crippen LogP contribution in [-0.2, 0) is 19.7 Å². The third kappa shape index (κ3) is 7.05. The van der Waals surface area contributed by atoms with E-state index in [-0.39, 0.29) is 41.1 Å². The van der Waals surface area contributed by atoms with Crippen molar-refractivity contribution < 1.29 is 23.8 Å². The molecule has 192 valence electrons. The van der Waals surface area contributed by atoms with Crippen LogP contribution in [0.1, 0.15) is 57.9 Å². The first-order valence-electron chi connectivity index (χ1n) is 12.5. The number of carbonyl (C=O) groups excluding carboxylic acids is 1. The smallest absolute Gasteiger partial charge is 0.305 e. The number of methoxy groups -OCH3 is 1. The summed E-state index contributed by atoms with van der Waals surface area (Å²) in [7, 11) is 1.41. The summed E-state index contributed by atoms with van der Waals surface area (Å²) >= 11 is 5.95. The van der Waals surface area contributed by atoms with E-state index in [0.717, 1.165) is 36.3 Å². The largest absolute Gasteiger partial charge is 0.469 e. The molecule has 1 N–H and O–H groups in total. The number of halogens is 2. The van der Waals surface area contributed by atoms with Crippen LogP contribution in [0, 0.1) is 23.6 Å². The van der Waals surface area contributed by atoms with Crippen molar-refractivity contribution >= 4 is 17.6 Å². The van der Waals surface area contributed by atoms with Crippen molar-refractivity contribution in [2.45, 2.75) is 70.0 Å². The van der Waals surface area contributed by atoms with Crippen molar-refractivity contribution in [3.8, 4) is 0 Å². The van der Waals surface area contributed by atoms with Crippen LogP contribution < -0.4 is 0 Å². The first kappa shape index (κ1) is 27.6. The third-order valence-electron chi connectivity index (χ3n) is 7.56. The standard InChI is InChI=1S/C29H38ClFO4/c1-20(10-11-21(2)30)26(32)17-16-24-25(8-6-4-5-7-9-28(33)34-3)29(18-27(24)35-19-29)22-12-14-23(31)15-13-22/h4,6,11-17,20,24-27,32H,5,7-10,18-19H2,1-3H3/t20?,24-,25-,26+,27-,29-/m0/s1. The zero-order chi connectivity index (χ0) is 25.4. The van der Waals surface area contributed by atoms with Crippen molar-refractivity contribution in [1.29, 1.82) is 0 Å². The van der Waals surface area contributed by atoms with Gasteiger partial charge in [0.05, 0.1) is 25.9 Å². The summed E-state index contributed by atoms with van der Waals surface area (Å²) in [6.07, 6.45) is 14.2. The van der Waals surface area contributed by atoms with Crippen LogP contribution in [-0.4, -0.2) is 37.0 Å². The molecule has 0 aromatic heterocycles. The van der Waals surface area contributed by atoms with Crippen molar-refractivity contribution in [3.05, 3.63) is 71.1 Å². The molecule has 4 nitrogen and oxygen atoms in total. The molecule has 0 radical (unpaired) electrons. The predicted octanol–water partition coefficient (Wildman–Crippen LogP) is 6.47. The van der Waals surface area contributed by atoms with Gasteiger partial charge in [0.1, 0.15) is 5.82 Å². The Hall–Kier alpha value is -1.95. The molecule has 1 saturated heterocycles. The molecule has 1 aromatic carbocycles. The highest BCUT2D eigenvalue weighted by atomic mass is 35.5. The molecular formula is C29H38ClFO4. The molecule has 2 fully saturated rings. The number of carbonyl (C=O) groups is 1. The van der Waals surface area contributed by atoms with Crippen LogP contribution in [0.3, 0.4) is 0 Å². The van der Waals surface area contributed by atoms with Gasteiger partial charge in [-0.2, -0.15) is 0 Å². The highest BCUT2D eigenvalue weighted by molar-refractivity contribution is 6.29. The fourth-order valence-electron chi connectivity index (χ4n) is 5.45. The molecule has 2 bridgehead atoms. The molecule has 1 unspecified atom stereocenters. The van der Waals surface area contributed by atoms with E-state index in [2.05, 4.69) is 18.2 Å². The molecule has 6 atom stereocenters. The molecule has 2 aliphatic rings. The minimum atomic E-state index is -0.572. The highest BCUT2D eigenvalue weighted by Crippen LogP contribution is 2.57. The number of allylic oxidation sites excluding steroid dienone is 4. The Morgan fingerprint density at radius 1 is 1.34 bits per heavy atom. The Morgan fingerprint density at radius 2 is 2.09 bits per heavy atom. The van der Waals surface area contributed by atoms with E-state index in [1.54, 1.807) is 0 Å². The van der Waals surface area contributed by atoms with E-state index in [4.69, 9.17) is 21.1 Å². The lowest BCUT2D eigenvalue weighted by Crippen LogP contribution is -2.39. The number of hydrogen-bond donors (Lipinski definition) is 1. The fraction of sp³-hybridized carbons (Fsp3) is 0.552. The molecule has 0 amide bonds. The number of aliphatic hydroxyl groups excluding tert-OH is 1. The number of rotatable bonds is 12. The Morgan fingerprint density at radius 3 is 2.77 bits per heavy atom. The maximum Gasteiger partial charge on any atom is 0.305 e. The lowest BCUT2D eigenvalue weighted by molar-refractivity contribution is -0.140. The zero-order valence-corrected chi connectivity index (χ0v) is 21.7. The van der Waals surface area contributed by atoms with Gasteiger partial charge in [0.25, 0.3) is 0 Å². The second-order valence-electron chi connectivity index (χ2n) is 9.96. The first-order valence-corrected chi connectivity index (χ1v) is 12.9. The fourth-order valence-corrected chi connectivity index (χ4v) is 5.54. The average molecular weight is 505 g/mol. The lowest BCUT2D eigenvalue weighted by atomic mass is 9.69. The molecule has 1 aromatic rings. The number of hydrogen-bond acceptors (Lipinski definition) is 4. The van der Waals surface area contributed by atoms with E-state index < -0.39 is 6.10 Å². The van der Waals surface area contributed by atoms with E-state index in [9.17, 15) is 14.3 Å². The predicted molar refractivity (Wildman–Crippen MR) is 138 cm³/mol. The third-order valence-corrected chi connectivity index (χ3v) is 7.72. The maximum atomic E-state index is 13.7. The molecule has 0 spiro atoms. The number of ether oxygens (including phenoxy) is 2. The van der Waals surface area contributed by atoms with Gasteiger partial charge in [-0.15, -0.1) is 0 Å². The van der Waals surface area contributed by atoms with E-state index in [1.165, 1.54) is 19.2 Å². The number of fused-ring (bicyclic) bond motifs is 2. The molecule has 3 rings (SSSR count). The number of unbranched alkanes of at least 4 members (excludes halogenated alkanes) is 1. The van der Waals surface area contributed by atoms with Gasteiger partial charge in [-0.3, -0.25) is 4.79 Å². The highest BCUT2D eigenvalue weighted by Gasteiger charge is 2.58. The van der Waals surface area contributed by atoms with Crippen LogP contribution in [0.4, 0.5) is 4.39 Å². The second kappa shape index (κ2) is 12.8. The van der Waals surface area contributed by atoms with Crippen molar-refractivity contribution in [3.63, 3.8) is 0 Å². The van der Waals surface area contributed by atoms with Crippen molar-refractivity contribution in [1.82, 2.24) is 0 Å². The summed E-state index contributed by atoms with van der Waals surface area (Å²) in [5, 5.41) is 11.4. The summed E-state index contributed by atoms with van der Waals surface area (Å²) in [5.74, 6) is 0.0516. The van der Waals surface area contributed by atoms with Crippen LogP contribution in [0.15, 0.2) is 59.7 Å². The van der Waals surface area contributed by atoms with E-state index >= 15 is 0 Å². The van der Waals surface area contributed by atoms with Gasteiger partial charge >= 0.3 is 5.97 Å². The Bertz CT molecular complexity index is 921. The summed E-state index contributed by atoms with van der Waals surface area (Å²) < 4.78 is 24.6. The molecule has 1 heterocycles. The SMILES string of the molecule is COC(=O)CCCC=CC[C@H]1[C@H](C=C[C@@H](O)C(C)CC=C(C)Cl)[C@@H]2C[C@@]1(c1ccc(F)cc1)CO2. The maximum absolute atomic E-state index is 13.7. The zero-order valence-electron chi connectivity index (χ0n) is 21.0. The topological polar surface area (TPSA) is 55.8 Å². The molecule has 1 aliphatic heterocycles. The van der Waals surface area contributed by atoms with Gasteiger partial charge in [0.2, 0.25) is 0 Å². The quantitative estimate of drug-likeness (QED) is 0.201. The summed E-state index contributed by atoms with van der Waals surface area (Å²) in [5.41, 5.74) is 0.928. The Labute approximate surface area is 213 Å². The number of benzene rings is 1. The van der Waals surface area contributed by atoms with Gasteiger partial charge in [0.15, 0.2) is 0 Å². The summed E-state index contributed by atoms with van der Waals surface area (Å²) in [6, 6.07) is 6.83. The van der Waals surface area contributed by atoms with Crippen molar-refractivity contribution in [2.24, 2.45) is 17.8 Å². The lowest BCUT2D eigenvalue weighted by Gasteiger charge is -2.38. The number of esters is 1. The molecule has 1 aliphatic carbocycles. The Kier molecular flexibility index (Phi) is 10.1. The molecule has 35 heavy (non-hydrogen) atoms. The van der Waals surface area contributed by atoms with Gasteiger partial charge < -0.3 is 14.6 Å². The van der Waals surface area contributed by atoms with E-state index in [0.29, 0.717) is 19.4 Å². The summed E-state index contributed by atoms with van der Waals surface area (Å²) in [6.45, 7) is 4.47. The average Bonchev–Trinajstić information content (AvgIpc) is 3.41. The van der Waals surface area contributed by atoms with Gasteiger partial charge in [-0.1, -0.05) is 61.0 Å². The van der Waals surface area contributed by atoms with Crippen LogP contribution in [0.25, 0.3) is 0 Å². The Balaban J connectivity index is 1.75. The van der Waals surface area contributed by atoms with Crippen LogP contribution >= 0.6 is 11.6 Å². The summed E-state index contributed by atoms with van der Waals surface area (Å²) in [4.78, 5) is 11.3. The normalized spacial score (nSPS) is 28.2. The van der Waals surface area contributed by atoms with Gasteiger partial charge in [-0.05, 0) is 68.6 Å². The molecule has 1 saturated carbocycles. The monoisotopic (exact) mass is 504 g/mol. The van der Waals surface area contributed by atoms with Gasteiger partial charge in [-0.25, -0.2) is 4.39 Å². The van der Waals surface area contributed by atoms with Crippen LogP contribution in [0.5, 0.6) is 0 Å². The van der Waals surface area contributed by atoms with Gasteiger partial charge in [0, 0.05) is 22.8 Å². The second-order valence-corrected chi connectivity index (χ2v) is 10.6. The minimum Gasteiger partial charge on any atom is -0.469 e. The first-order chi connectivity index (χ1) is 16.8. The van der Waals surface area contributed by atoms with Crippen molar-refractivity contribution in [2.75, 3.05) is 13.7 Å². The number of aliphatic hydroxyl groups is 1. The molecular weight excluding hydrogens is 467 g/mol.